The highest BCUT2D eigenvalue weighted by atomic mass is 15.1. The van der Waals surface area contributed by atoms with Crippen molar-refractivity contribution in [3.05, 3.63) is 90.3 Å². The van der Waals surface area contributed by atoms with E-state index in [-0.39, 0.29) is 0 Å². The summed E-state index contributed by atoms with van der Waals surface area (Å²) in [4.78, 5) is 6.46. The number of benzene rings is 2. The van der Waals surface area contributed by atoms with Crippen LogP contribution >= 0.6 is 0 Å². The number of rotatable bonds is 5. The zero-order valence-corrected chi connectivity index (χ0v) is 12.8. The van der Waals surface area contributed by atoms with Crippen molar-refractivity contribution in [1.29, 1.82) is 0 Å². The van der Waals surface area contributed by atoms with Crippen LogP contribution in [0.3, 0.4) is 0 Å². The van der Waals surface area contributed by atoms with Crippen LogP contribution in [-0.4, -0.2) is 16.9 Å². The molecule has 0 aliphatic heterocycles. The first kappa shape index (κ1) is 14.5. The maximum Gasteiger partial charge on any atom is 0.0312 e. The fraction of sp³-hybridized carbons (Fsp3) is 0.150. The molecule has 3 aromatic rings. The van der Waals surface area contributed by atoms with E-state index in [2.05, 4.69) is 71.5 Å². The summed E-state index contributed by atoms with van der Waals surface area (Å²) in [6.45, 7) is 1.85. The van der Waals surface area contributed by atoms with Crippen molar-refractivity contribution in [3.8, 4) is 11.1 Å². The van der Waals surface area contributed by atoms with Gasteiger partial charge < -0.3 is 0 Å². The van der Waals surface area contributed by atoms with E-state index in [1.165, 1.54) is 22.3 Å². The Kier molecular flexibility index (Phi) is 4.62. The van der Waals surface area contributed by atoms with Crippen LogP contribution in [0.4, 0.5) is 0 Å². The standard InChI is InChI=1S/C20H20N2/c1-22(16-18-6-5-13-21-14-18)15-17-9-11-20(12-10-17)19-7-3-2-4-8-19/h2-14H,15-16H2,1H3. The smallest absolute Gasteiger partial charge is 0.0312 e. The van der Waals surface area contributed by atoms with Crippen molar-refractivity contribution in [2.75, 3.05) is 7.05 Å². The molecule has 0 bridgehead atoms. The minimum Gasteiger partial charge on any atom is -0.298 e. The predicted octanol–water partition coefficient (Wildman–Crippen LogP) is 4.38. The molecule has 0 aliphatic rings. The molecule has 0 saturated carbocycles. The van der Waals surface area contributed by atoms with Crippen molar-refractivity contribution in [1.82, 2.24) is 9.88 Å². The molecule has 0 saturated heterocycles. The van der Waals surface area contributed by atoms with Gasteiger partial charge in [0.25, 0.3) is 0 Å². The topological polar surface area (TPSA) is 16.1 Å². The Hall–Kier alpha value is -2.45. The number of pyridine rings is 1. The van der Waals surface area contributed by atoms with Gasteiger partial charge in [0.15, 0.2) is 0 Å². The summed E-state index contributed by atoms with van der Waals surface area (Å²) in [5.41, 5.74) is 5.09. The van der Waals surface area contributed by atoms with Crippen molar-refractivity contribution in [2.24, 2.45) is 0 Å². The lowest BCUT2D eigenvalue weighted by Crippen LogP contribution is -2.17. The fourth-order valence-corrected chi connectivity index (χ4v) is 2.60. The van der Waals surface area contributed by atoms with Gasteiger partial charge in [0, 0.05) is 25.5 Å². The van der Waals surface area contributed by atoms with E-state index >= 15 is 0 Å². The first-order valence-corrected chi connectivity index (χ1v) is 7.53. The Morgan fingerprint density at radius 2 is 1.41 bits per heavy atom. The maximum atomic E-state index is 4.16. The number of hydrogen-bond acceptors (Lipinski definition) is 2. The minimum absolute atomic E-state index is 0.911. The van der Waals surface area contributed by atoms with Gasteiger partial charge in [-0.25, -0.2) is 0 Å². The lowest BCUT2D eigenvalue weighted by Gasteiger charge is -2.16. The molecule has 1 heterocycles. The predicted molar refractivity (Wildman–Crippen MR) is 91.3 cm³/mol. The fourth-order valence-electron chi connectivity index (χ4n) is 2.60. The van der Waals surface area contributed by atoms with Gasteiger partial charge in [-0.2, -0.15) is 0 Å². The van der Waals surface area contributed by atoms with Gasteiger partial charge in [0.05, 0.1) is 0 Å². The summed E-state index contributed by atoms with van der Waals surface area (Å²) < 4.78 is 0. The van der Waals surface area contributed by atoms with Gasteiger partial charge in [-0.15, -0.1) is 0 Å². The van der Waals surface area contributed by atoms with Crippen LogP contribution in [0.5, 0.6) is 0 Å². The molecule has 0 unspecified atom stereocenters. The zero-order chi connectivity index (χ0) is 15.2. The van der Waals surface area contributed by atoms with E-state index in [1.54, 1.807) is 0 Å². The summed E-state index contributed by atoms with van der Waals surface area (Å²) in [7, 11) is 2.14. The molecule has 0 aliphatic carbocycles. The van der Waals surface area contributed by atoms with Crippen LogP contribution in [0.1, 0.15) is 11.1 Å². The van der Waals surface area contributed by atoms with Gasteiger partial charge >= 0.3 is 0 Å². The Labute approximate surface area is 132 Å². The molecule has 2 aromatic carbocycles. The number of hydrogen-bond donors (Lipinski definition) is 0. The van der Waals surface area contributed by atoms with E-state index in [4.69, 9.17) is 0 Å². The Morgan fingerprint density at radius 1 is 0.727 bits per heavy atom. The maximum absolute atomic E-state index is 4.16. The van der Waals surface area contributed by atoms with Crippen LogP contribution in [0.2, 0.25) is 0 Å². The van der Waals surface area contributed by atoms with Crippen LogP contribution in [-0.2, 0) is 13.1 Å². The Bertz CT molecular complexity index is 691. The molecule has 110 valence electrons. The lowest BCUT2D eigenvalue weighted by atomic mass is 10.0. The average Bonchev–Trinajstić information content (AvgIpc) is 2.57. The van der Waals surface area contributed by atoms with E-state index in [0.717, 1.165) is 13.1 Å². The molecule has 2 nitrogen and oxygen atoms in total. The van der Waals surface area contributed by atoms with E-state index in [1.807, 2.05) is 24.5 Å². The molecule has 3 rings (SSSR count). The third-order valence-electron chi connectivity index (χ3n) is 3.69. The van der Waals surface area contributed by atoms with Crippen LogP contribution < -0.4 is 0 Å². The van der Waals surface area contributed by atoms with Crippen molar-refractivity contribution in [2.45, 2.75) is 13.1 Å². The highest BCUT2D eigenvalue weighted by molar-refractivity contribution is 5.63. The van der Waals surface area contributed by atoms with Gasteiger partial charge in [-0.1, -0.05) is 60.7 Å². The third-order valence-corrected chi connectivity index (χ3v) is 3.69. The van der Waals surface area contributed by atoms with Crippen molar-refractivity contribution in [3.63, 3.8) is 0 Å². The molecule has 2 heteroatoms. The molecule has 0 N–H and O–H groups in total. The quantitative estimate of drug-likeness (QED) is 0.692. The molecular weight excluding hydrogens is 268 g/mol. The number of nitrogens with zero attached hydrogens (tertiary/aromatic N) is 2. The molecule has 0 fully saturated rings. The summed E-state index contributed by atoms with van der Waals surface area (Å²) >= 11 is 0. The second kappa shape index (κ2) is 7.01. The summed E-state index contributed by atoms with van der Waals surface area (Å²) in [6.07, 6.45) is 3.74. The van der Waals surface area contributed by atoms with Crippen molar-refractivity contribution >= 4 is 0 Å². The monoisotopic (exact) mass is 288 g/mol. The highest BCUT2D eigenvalue weighted by Crippen LogP contribution is 2.19. The SMILES string of the molecule is CN(Cc1ccc(-c2ccccc2)cc1)Cc1cccnc1. The second-order valence-electron chi connectivity index (χ2n) is 5.60. The van der Waals surface area contributed by atoms with Crippen LogP contribution in [0.15, 0.2) is 79.1 Å². The minimum atomic E-state index is 0.911. The van der Waals surface area contributed by atoms with E-state index in [0.29, 0.717) is 0 Å². The summed E-state index contributed by atoms with van der Waals surface area (Å²) in [5, 5.41) is 0. The molecular formula is C20H20N2. The largest absolute Gasteiger partial charge is 0.298 e. The second-order valence-corrected chi connectivity index (χ2v) is 5.60. The van der Waals surface area contributed by atoms with Crippen LogP contribution in [0.25, 0.3) is 11.1 Å². The van der Waals surface area contributed by atoms with Gasteiger partial charge in [-0.05, 0) is 35.4 Å². The van der Waals surface area contributed by atoms with Gasteiger partial charge in [0.1, 0.15) is 0 Å². The average molecular weight is 288 g/mol. The van der Waals surface area contributed by atoms with E-state index < -0.39 is 0 Å². The molecule has 0 radical (unpaired) electrons. The Balaban J connectivity index is 1.64. The summed E-state index contributed by atoms with van der Waals surface area (Å²) in [6, 6.07) is 23.4. The first-order chi connectivity index (χ1) is 10.8. The first-order valence-electron chi connectivity index (χ1n) is 7.53. The normalized spacial score (nSPS) is 10.8. The van der Waals surface area contributed by atoms with Crippen molar-refractivity contribution < 1.29 is 0 Å². The zero-order valence-electron chi connectivity index (χ0n) is 12.8. The third kappa shape index (κ3) is 3.80. The molecule has 0 atom stereocenters. The number of aromatic nitrogens is 1. The lowest BCUT2D eigenvalue weighted by molar-refractivity contribution is 0.319. The van der Waals surface area contributed by atoms with E-state index in [9.17, 15) is 0 Å². The van der Waals surface area contributed by atoms with Gasteiger partial charge in [0.2, 0.25) is 0 Å². The molecule has 22 heavy (non-hydrogen) atoms. The summed E-state index contributed by atoms with van der Waals surface area (Å²) in [5.74, 6) is 0. The molecule has 0 spiro atoms. The van der Waals surface area contributed by atoms with Crippen LogP contribution in [0, 0.1) is 0 Å². The molecule has 1 aromatic heterocycles. The molecule has 0 amide bonds. The van der Waals surface area contributed by atoms with Gasteiger partial charge in [-0.3, -0.25) is 9.88 Å². The highest BCUT2D eigenvalue weighted by Gasteiger charge is 2.03. The Morgan fingerprint density at radius 3 is 2.09 bits per heavy atom.